The number of carbonyl (C=O) groups is 2. The Morgan fingerprint density at radius 2 is 1.04 bits per heavy atom. The van der Waals surface area contributed by atoms with Crippen molar-refractivity contribution in [1.29, 1.82) is 0 Å². The molecule has 0 saturated heterocycles. The minimum absolute atomic E-state index is 0.0864. The minimum atomic E-state index is -0.428. The van der Waals surface area contributed by atoms with E-state index >= 15 is 0 Å². The molecule has 0 aliphatic carbocycles. The van der Waals surface area contributed by atoms with Crippen LogP contribution in [-0.4, -0.2) is 25.2 Å². The van der Waals surface area contributed by atoms with Gasteiger partial charge in [0.05, 0.1) is 0 Å². The van der Waals surface area contributed by atoms with Crippen molar-refractivity contribution in [3.63, 3.8) is 0 Å². The van der Waals surface area contributed by atoms with Gasteiger partial charge < -0.3 is 18.9 Å². The third-order valence-electron chi connectivity index (χ3n) is 3.04. The molecule has 142 valence electrons. The second kappa shape index (κ2) is 10.9. The quantitative estimate of drug-likeness (QED) is 0.437. The van der Waals surface area contributed by atoms with Crippen LogP contribution in [0.2, 0.25) is 0 Å². The first-order valence-electron chi connectivity index (χ1n) is 8.32. The first-order valence-corrected chi connectivity index (χ1v) is 8.32. The molecule has 6 heteroatoms. The standard InChI is InChI=1S/C22H18O6/c1-17(23)27-21-13-7-5-11-19(21)25-15-9-3-4-10-16-26-20-12-6-8-14-22(20)28-18(2)24/h5-8,11-14H,15-16H2,1-2H3. The van der Waals surface area contributed by atoms with E-state index in [0.29, 0.717) is 23.0 Å². The van der Waals surface area contributed by atoms with Crippen LogP contribution in [0.4, 0.5) is 0 Å². The summed E-state index contributed by atoms with van der Waals surface area (Å²) in [6.07, 6.45) is 0. The van der Waals surface area contributed by atoms with Gasteiger partial charge in [0, 0.05) is 13.8 Å². The Labute approximate surface area is 163 Å². The molecule has 0 amide bonds. The van der Waals surface area contributed by atoms with E-state index in [4.69, 9.17) is 18.9 Å². The second-order valence-electron chi connectivity index (χ2n) is 5.26. The van der Waals surface area contributed by atoms with E-state index < -0.39 is 11.9 Å². The third kappa shape index (κ3) is 7.15. The lowest BCUT2D eigenvalue weighted by Gasteiger charge is -2.08. The summed E-state index contributed by atoms with van der Waals surface area (Å²) in [5.74, 6) is 11.4. The predicted molar refractivity (Wildman–Crippen MR) is 102 cm³/mol. The number of hydrogen-bond donors (Lipinski definition) is 0. The number of para-hydroxylation sites is 4. The largest absolute Gasteiger partial charge is 0.477 e. The van der Waals surface area contributed by atoms with Gasteiger partial charge in [0.15, 0.2) is 23.0 Å². The number of benzene rings is 2. The number of rotatable bonds is 6. The van der Waals surface area contributed by atoms with Crippen LogP contribution in [0.15, 0.2) is 48.5 Å². The molecule has 0 heterocycles. The molecule has 0 aliphatic heterocycles. The molecule has 0 unspecified atom stereocenters. The lowest BCUT2D eigenvalue weighted by Crippen LogP contribution is -2.04. The van der Waals surface area contributed by atoms with Gasteiger partial charge in [-0.2, -0.15) is 0 Å². The van der Waals surface area contributed by atoms with E-state index in [1.54, 1.807) is 48.5 Å². The highest BCUT2D eigenvalue weighted by Crippen LogP contribution is 2.27. The molecule has 0 atom stereocenters. The Bertz CT molecular complexity index is 876. The smallest absolute Gasteiger partial charge is 0.308 e. The Hall–Kier alpha value is -3.90. The maximum absolute atomic E-state index is 11.1. The van der Waals surface area contributed by atoms with Crippen LogP contribution in [0.25, 0.3) is 0 Å². The molecular weight excluding hydrogens is 360 g/mol. The summed E-state index contributed by atoms with van der Waals surface area (Å²) in [6, 6.07) is 13.6. The molecule has 28 heavy (non-hydrogen) atoms. The van der Waals surface area contributed by atoms with E-state index in [9.17, 15) is 9.59 Å². The zero-order valence-corrected chi connectivity index (χ0v) is 15.5. The number of hydrogen-bond acceptors (Lipinski definition) is 6. The summed E-state index contributed by atoms with van der Waals surface area (Å²) >= 11 is 0. The molecule has 0 fully saturated rings. The van der Waals surface area contributed by atoms with Gasteiger partial charge in [-0.25, -0.2) is 0 Å². The first kappa shape index (κ1) is 20.4. The van der Waals surface area contributed by atoms with Crippen LogP contribution in [-0.2, 0) is 9.59 Å². The molecule has 0 spiro atoms. The zero-order chi connectivity index (χ0) is 20.2. The zero-order valence-electron chi connectivity index (χ0n) is 15.5. The highest BCUT2D eigenvalue weighted by molar-refractivity contribution is 5.70. The molecule has 0 aromatic heterocycles. The molecule has 2 aromatic carbocycles. The van der Waals surface area contributed by atoms with Crippen molar-refractivity contribution in [1.82, 2.24) is 0 Å². The highest BCUT2D eigenvalue weighted by Gasteiger charge is 2.06. The molecule has 0 N–H and O–H groups in total. The highest BCUT2D eigenvalue weighted by atomic mass is 16.6. The number of esters is 2. The van der Waals surface area contributed by atoms with Gasteiger partial charge in [0.25, 0.3) is 0 Å². The first-order chi connectivity index (χ1) is 13.6. The van der Waals surface area contributed by atoms with Crippen molar-refractivity contribution >= 4 is 11.9 Å². The van der Waals surface area contributed by atoms with Crippen molar-refractivity contribution in [2.24, 2.45) is 0 Å². The fourth-order valence-electron chi connectivity index (χ4n) is 2.01. The van der Waals surface area contributed by atoms with Gasteiger partial charge >= 0.3 is 11.9 Å². The minimum Gasteiger partial charge on any atom is -0.477 e. The molecule has 0 saturated carbocycles. The predicted octanol–water partition coefficient (Wildman–Crippen LogP) is 3.00. The van der Waals surface area contributed by atoms with E-state index in [-0.39, 0.29) is 13.2 Å². The summed E-state index contributed by atoms with van der Waals surface area (Å²) in [4.78, 5) is 22.1. The Morgan fingerprint density at radius 3 is 1.39 bits per heavy atom. The maximum atomic E-state index is 11.1. The summed E-state index contributed by atoms with van der Waals surface area (Å²) in [5.41, 5.74) is 0. The Morgan fingerprint density at radius 1 is 0.679 bits per heavy atom. The summed E-state index contributed by atoms with van der Waals surface area (Å²) in [6.45, 7) is 2.81. The van der Waals surface area contributed by atoms with Crippen LogP contribution in [0, 0.1) is 23.7 Å². The molecule has 0 bridgehead atoms. The molecule has 2 rings (SSSR count). The molecular formula is C22H18O6. The summed E-state index contributed by atoms with van der Waals surface area (Å²) in [7, 11) is 0. The molecule has 2 aromatic rings. The molecule has 0 radical (unpaired) electrons. The Balaban J connectivity index is 1.82. The van der Waals surface area contributed by atoms with E-state index in [0.717, 1.165) is 0 Å². The maximum Gasteiger partial charge on any atom is 0.308 e. The van der Waals surface area contributed by atoms with Gasteiger partial charge in [-0.15, -0.1) is 0 Å². The van der Waals surface area contributed by atoms with E-state index in [1.807, 2.05) is 0 Å². The third-order valence-corrected chi connectivity index (χ3v) is 3.04. The van der Waals surface area contributed by atoms with Crippen molar-refractivity contribution in [2.45, 2.75) is 13.8 Å². The van der Waals surface area contributed by atoms with Crippen molar-refractivity contribution in [3.05, 3.63) is 48.5 Å². The van der Waals surface area contributed by atoms with Gasteiger partial charge in [0.1, 0.15) is 13.2 Å². The number of ether oxygens (including phenoxy) is 4. The van der Waals surface area contributed by atoms with Crippen LogP contribution in [0.1, 0.15) is 13.8 Å². The normalized spacial score (nSPS) is 9.07. The SMILES string of the molecule is CC(=O)Oc1ccccc1OCC#CC#CCOc1ccccc1OC(C)=O. The van der Waals surface area contributed by atoms with Crippen molar-refractivity contribution in [2.75, 3.05) is 13.2 Å². The molecule has 6 nitrogen and oxygen atoms in total. The van der Waals surface area contributed by atoms with Gasteiger partial charge in [-0.1, -0.05) is 24.3 Å². The van der Waals surface area contributed by atoms with Gasteiger partial charge in [-0.3, -0.25) is 9.59 Å². The van der Waals surface area contributed by atoms with Crippen LogP contribution >= 0.6 is 0 Å². The molecule has 0 aliphatic rings. The van der Waals surface area contributed by atoms with Crippen LogP contribution in [0.3, 0.4) is 0 Å². The van der Waals surface area contributed by atoms with Crippen molar-refractivity contribution in [3.8, 4) is 46.7 Å². The summed E-state index contributed by atoms with van der Waals surface area (Å²) < 4.78 is 21.0. The Kier molecular flexibility index (Phi) is 7.98. The lowest BCUT2D eigenvalue weighted by atomic mass is 10.3. The fourth-order valence-corrected chi connectivity index (χ4v) is 2.01. The lowest BCUT2D eigenvalue weighted by molar-refractivity contribution is -0.132. The average molecular weight is 378 g/mol. The topological polar surface area (TPSA) is 71.1 Å². The van der Waals surface area contributed by atoms with Crippen LogP contribution < -0.4 is 18.9 Å². The van der Waals surface area contributed by atoms with Crippen LogP contribution in [0.5, 0.6) is 23.0 Å². The van der Waals surface area contributed by atoms with E-state index in [1.165, 1.54) is 13.8 Å². The fraction of sp³-hybridized carbons (Fsp3) is 0.182. The van der Waals surface area contributed by atoms with Crippen molar-refractivity contribution < 1.29 is 28.5 Å². The van der Waals surface area contributed by atoms with Gasteiger partial charge in [0.2, 0.25) is 0 Å². The monoisotopic (exact) mass is 378 g/mol. The average Bonchev–Trinajstić information content (AvgIpc) is 2.65. The van der Waals surface area contributed by atoms with Gasteiger partial charge in [-0.05, 0) is 47.9 Å². The number of carbonyl (C=O) groups excluding carboxylic acids is 2. The second-order valence-corrected chi connectivity index (χ2v) is 5.26. The summed E-state index contributed by atoms with van der Waals surface area (Å²) in [5, 5.41) is 0. The van der Waals surface area contributed by atoms with E-state index in [2.05, 4.69) is 23.7 Å².